The van der Waals surface area contributed by atoms with Crippen LogP contribution in [0.25, 0.3) is 5.76 Å². The molecule has 0 unspecified atom stereocenters. The molecule has 1 aliphatic rings. The number of benzene rings is 2. The van der Waals surface area contributed by atoms with Crippen LogP contribution in [0, 0.1) is 0 Å². The molecule has 0 radical (unpaired) electrons. The third kappa shape index (κ3) is 4.58. The Morgan fingerprint density at radius 2 is 1.85 bits per heavy atom. The first-order valence-corrected chi connectivity index (χ1v) is 11.0. The molecule has 0 saturated carbocycles. The monoisotopic (exact) mass is 482 g/mol. The van der Waals surface area contributed by atoms with Gasteiger partial charge in [-0.2, -0.15) is 0 Å². The van der Waals surface area contributed by atoms with E-state index >= 15 is 0 Å². The zero-order valence-corrected chi connectivity index (χ0v) is 19.2. The van der Waals surface area contributed by atoms with E-state index < -0.39 is 17.7 Å². The Morgan fingerprint density at radius 3 is 2.48 bits per heavy atom. The van der Waals surface area contributed by atoms with Crippen molar-refractivity contribution in [3.8, 4) is 5.75 Å². The molecule has 8 heteroatoms. The summed E-state index contributed by atoms with van der Waals surface area (Å²) in [4.78, 5) is 31.7. The average molecular weight is 483 g/mol. The number of rotatable bonds is 6. The van der Waals surface area contributed by atoms with Crippen LogP contribution in [-0.2, 0) is 16.1 Å². The van der Waals surface area contributed by atoms with E-state index in [0.717, 1.165) is 5.56 Å². The Hall–Kier alpha value is -3.35. The van der Waals surface area contributed by atoms with Crippen LogP contribution in [0.5, 0.6) is 5.75 Å². The van der Waals surface area contributed by atoms with Gasteiger partial charge in [-0.1, -0.05) is 35.3 Å². The van der Waals surface area contributed by atoms with Crippen LogP contribution in [0.4, 0.5) is 0 Å². The fourth-order valence-corrected chi connectivity index (χ4v) is 4.10. The quantitative estimate of drug-likeness (QED) is 0.288. The molecule has 0 bridgehead atoms. The molecular formula is C25H20Cl2N2O4. The Balaban J connectivity index is 1.84. The van der Waals surface area contributed by atoms with Crippen LogP contribution in [-0.4, -0.2) is 33.3 Å². The lowest BCUT2D eigenvalue weighted by atomic mass is 9.95. The number of ether oxygens (including phenoxy) is 1. The van der Waals surface area contributed by atoms with Gasteiger partial charge in [0, 0.05) is 24.5 Å². The molecule has 0 spiro atoms. The summed E-state index contributed by atoms with van der Waals surface area (Å²) in [5, 5.41) is 11.8. The number of carbonyl (C=O) groups excluding carboxylic acids is 2. The summed E-state index contributed by atoms with van der Waals surface area (Å²) in [6.07, 6.45) is 3.25. The van der Waals surface area contributed by atoms with E-state index in [0.29, 0.717) is 28.5 Å². The first-order chi connectivity index (χ1) is 15.9. The average Bonchev–Trinajstić information content (AvgIpc) is 3.07. The SMILES string of the molecule is CCOc1ccc(C(O)=C2C(=O)C(=O)N(Cc3cccnc3)[C@H]2c2ccc(Cl)c(Cl)c2)cc1. The molecule has 1 fully saturated rings. The van der Waals surface area contributed by atoms with Crippen LogP contribution in [0.15, 0.2) is 72.6 Å². The highest BCUT2D eigenvalue weighted by Gasteiger charge is 2.46. The highest BCUT2D eigenvalue weighted by molar-refractivity contribution is 6.46. The summed E-state index contributed by atoms with van der Waals surface area (Å²) >= 11 is 12.3. The van der Waals surface area contributed by atoms with Crippen molar-refractivity contribution in [1.29, 1.82) is 0 Å². The molecule has 1 atom stereocenters. The Labute approximate surface area is 201 Å². The number of aliphatic hydroxyl groups is 1. The second-order valence-corrected chi connectivity index (χ2v) is 8.23. The van der Waals surface area contributed by atoms with Crippen molar-refractivity contribution in [3.05, 3.63) is 99.3 Å². The predicted molar refractivity (Wildman–Crippen MR) is 126 cm³/mol. The number of Topliss-reactive ketones (excluding diaryl/α,β-unsaturated/α-hetero) is 1. The molecule has 1 aliphatic heterocycles. The van der Waals surface area contributed by atoms with Gasteiger partial charge in [0.05, 0.1) is 28.3 Å². The van der Waals surface area contributed by atoms with Gasteiger partial charge < -0.3 is 14.7 Å². The number of nitrogens with zero attached hydrogens (tertiary/aromatic N) is 2. The number of amides is 1. The minimum absolute atomic E-state index is 0.0218. The number of hydrogen-bond acceptors (Lipinski definition) is 5. The summed E-state index contributed by atoms with van der Waals surface area (Å²) in [6, 6.07) is 14.3. The van der Waals surface area contributed by atoms with Crippen molar-refractivity contribution in [1.82, 2.24) is 9.88 Å². The summed E-state index contributed by atoms with van der Waals surface area (Å²) in [7, 11) is 0. The molecular weight excluding hydrogens is 463 g/mol. The Morgan fingerprint density at radius 1 is 1.09 bits per heavy atom. The maximum absolute atomic E-state index is 13.1. The summed E-state index contributed by atoms with van der Waals surface area (Å²) in [5.41, 5.74) is 1.67. The second-order valence-electron chi connectivity index (χ2n) is 7.42. The van der Waals surface area contributed by atoms with Crippen molar-refractivity contribution < 1.29 is 19.4 Å². The van der Waals surface area contributed by atoms with Gasteiger partial charge in [-0.25, -0.2) is 0 Å². The van der Waals surface area contributed by atoms with Crippen molar-refractivity contribution in [2.75, 3.05) is 6.61 Å². The molecule has 2 aromatic carbocycles. The number of pyridine rings is 1. The largest absolute Gasteiger partial charge is 0.507 e. The molecule has 6 nitrogen and oxygen atoms in total. The zero-order chi connectivity index (χ0) is 23.5. The molecule has 1 N–H and O–H groups in total. The van der Waals surface area contributed by atoms with Gasteiger partial charge in [0.15, 0.2) is 0 Å². The number of aliphatic hydroxyl groups excluding tert-OH is 1. The first-order valence-electron chi connectivity index (χ1n) is 10.3. The van der Waals surface area contributed by atoms with E-state index in [4.69, 9.17) is 27.9 Å². The molecule has 1 saturated heterocycles. The fourth-order valence-electron chi connectivity index (χ4n) is 3.79. The van der Waals surface area contributed by atoms with Gasteiger partial charge in [0.25, 0.3) is 11.7 Å². The smallest absolute Gasteiger partial charge is 0.295 e. The summed E-state index contributed by atoms with van der Waals surface area (Å²) < 4.78 is 5.44. The number of hydrogen-bond donors (Lipinski definition) is 1. The van der Waals surface area contributed by atoms with Crippen LogP contribution in [0.2, 0.25) is 10.0 Å². The molecule has 4 rings (SSSR count). The van der Waals surface area contributed by atoms with Crippen molar-refractivity contribution in [2.24, 2.45) is 0 Å². The second kappa shape index (κ2) is 9.65. The highest BCUT2D eigenvalue weighted by Crippen LogP contribution is 2.41. The van der Waals surface area contributed by atoms with E-state index in [9.17, 15) is 14.7 Å². The van der Waals surface area contributed by atoms with Gasteiger partial charge in [0.1, 0.15) is 11.5 Å². The van der Waals surface area contributed by atoms with E-state index in [1.165, 1.54) is 4.90 Å². The maximum atomic E-state index is 13.1. The minimum Gasteiger partial charge on any atom is -0.507 e. The van der Waals surface area contributed by atoms with Gasteiger partial charge in [-0.05, 0) is 60.5 Å². The van der Waals surface area contributed by atoms with Crippen LogP contribution >= 0.6 is 23.2 Å². The van der Waals surface area contributed by atoms with Crippen molar-refractivity contribution in [3.63, 3.8) is 0 Å². The molecule has 1 amide bonds. The Kier molecular flexibility index (Phi) is 6.67. The number of carbonyl (C=O) groups is 2. The molecule has 3 aromatic rings. The zero-order valence-electron chi connectivity index (χ0n) is 17.7. The minimum atomic E-state index is -0.855. The van der Waals surface area contributed by atoms with E-state index in [-0.39, 0.29) is 22.9 Å². The topological polar surface area (TPSA) is 79.7 Å². The van der Waals surface area contributed by atoms with Gasteiger partial charge >= 0.3 is 0 Å². The van der Waals surface area contributed by atoms with E-state index in [1.54, 1.807) is 60.9 Å². The molecule has 0 aliphatic carbocycles. The number of aromatic nitrogens is 1. The van der Waals surface area contributed by atoms with Gasteiger partial charge in [-0.3, -0.25) is 14.6 Å². The van der Waals surface area contributed by atoms with Crippen LogP contribution in [0.1, 0.15) is 29.7 Å². The van der Waals surface area contributed by atoms with Gasteiger partial charge in [0.2, 0.25) is 0 Å². The lowest BCUT2D eigenvalue weighted by Crippen LogP contribution is -2.29. The number of ketones is 1. The van der Waals surface area contributed by atoms with Crippen molar-refractivity contribution >= 4 is 40.7 Å². The maximum Gasteiger partial charge on any atom is 0.295 e. The fraction of sp³-hybridized carbons (Fsp3) is 0.160. The molecule has 1 aromatic heterocycles. The number of halogens is 2. The summed E-state index contributed by atoms with van der Waals surface area (Å²) in [5.74, 6) is -1.14. The normalized spacial score (nSPS) is 17.4. The van der Waals surface area contributed by atoms with E-state index in [1.807, 2.05) is 13.0 Å². The Bertz CT molecular complexity index is 1230. The third-order valence-electron chi connectivity index (χ3n) is 5.31. The lowest BCUT2D eigenvalue weighted by molar-refractivity contribution is -0.140. The molecule has 168 valence electrons. The third-order valence-corrected chi connectivity index (χ3v) is 6.05. The molecule has 2 heterocycles. The summed E-state index contributed by atoms with van der Waals surface area (Å²) in [6.45, 7) is 2.50. The van der Waals surface area contributed by atoms with Crippen LogP contribution in [0.3, 0.4) is 0 Å². The first kappa shape index (κ1) is 22.8. The van der Waals surface area contributed by atoms with Crippen molar-refractivity contribution in [2.45, 2.75) is 19.5 Å². The predicted octanol–water partition coefficient (Wildman–Crippen LogP) is 5.41. The van der Waals surface area contributed by atoms with E-state index in [2.05, 4.69) is 4.98 Å². The standard InChI is InChI=1S/C25H20Cl2N2O4/c1-2-33-18-8-5-16(6-9-18)23(30)21-22(17-7-10-19(26)20(27)12-17)29(25(32)24(21)31)14-15-4-3-11-28-13-15/h3-13,22,30H,2,14H2,1H3/t22-/m0/s1. The lowest BCUT2D eigenvalue weighted by Gasteiger charge is -2.25. The van der Waals surface area contributed by atoms with Gasteiger partial charge in [-0.15, -0.1) is 0 Å². The highest BCUT2D eigenvalue weighted by atomic mass is 35.5. The van der Waals surface area contributed by atoms with Crippen LogP contribution < -0.4 is 4.74 Å². The molecule has 33 heavy (non-hydrogen) atoms. The number of likely N-dealkylation sites (tertiary alicyclic amines) is 1.